The van der Waals surface area contributed by atoms with Crippen molar-refractivity contribution in [2.45, 2.75) is 38.3 Å². The quantitative estimate of drug-likeness (QED) is 0.359. The number of esters is 1. The second-order valence-electron chi connectivity index (χ2n) is 5.93. The van der Waals surface area contributed by atoms with Gasteiger partial charge in [-0.25, -0.2) is 9.50 Å². The normalized spacial score (nSPS) is 11.0. The highest BCUT2D eigenvalue weighted by Crippen LogP contribution is 2.17. The third-order valence-electron chi connectivity index (χ3n) is 4.13. The van der Waals surface area contributed by atoms with Crippen LogP contribution in [0.3, 0.4) is 0 Å². The van der Waals surface area contributed by atoms with E-state index in [-0.39, 0.29) is 12.4 Å². The van der Waals surface area contributed by atoms with Crippen molar-refractivity contribution in [3.8, 4) is 0 Å². The first-order chi connectivity index (χ1) is 12.6. The van der Waals surface area contributed by atoms with Crippen molar-refractivity contribution in [1.29, 1.82) is 0 Å². The molecule has 0 aliphatic carbocycles. The summed E-state index contributed by atoms with van der Waals surface area (Å²) >= 11 is 1.46. The number of ether oxygens (including phenoxy) is 1. The number of aromatic nitrogens is 5. The topological polar surface area (TPSA) is 82.3 Å². The van der Waals surface area contributed by atoms with Gasteiger partial charge >= 0.3 is 5.97 Å². The Balaban J connectivity index is 1.60. The van der Waals surface area contributed by atoms with E-state index in [0.717, 1.165) is 35.4 Å². The van der Waals surface area contributed by atoms with Crippen LogP contribution in [0.4, 0.5) is 0 Å². The van der Waals surface area contributed by atoms with E-state index in [1.807, 2.05) is 38.4 Å². The summed E-state index contributed by atoms with van der Waals surface area (Å²) < 4.78 is 7.06. The first-order valence-electron chi connectivity index (χ1n) is 8.40. The van der Waals surface area contributed by atoms with E-state index in [9.17, 15) is 4.79 Å². The van der Waals surface area contributed by atoms with Gasteiger partial charge in [0.05, 0.1) is 13.0 Å². The van der Waals surface area contributed by atoms with Gasteiger partial charge in [-0.05, 0) is 44.6 Å². The zero-order chi connectivity index (χ0) is 18.5. The molecule has 0 aliphatic heterocycles. The van der Waals surface area contributed by atoms with E-state index in [1.165, 1.54) is 11.8 Å². The molecule has 0 saturated heterocycles. The van der Waals surface area contributed by atoms with E-state index < -0.39 is 0 Å². The van der Waals surface area contributed by atoms with E-state index >= 15 is 0 Å². The highest BCUT2D eigenvalue weighted by Gasteiger charge is 2.16. The van der Waals surface area contributed by atoms with Crippen LogP contribution in [0.2, 0.25) is 0 Å². The molecule has 0 N–H and O–H groups in total. The molecule has 0 bridgehead atoms. The molecule has 0 radical (unpaired) electrons. The van der Waals surface area contributed by atoms with Gasteiger partial charge in [0.15, 0.2) is 0 Å². The van der Waals surface area contributed by atoms with Gasteiger partial charge in [-0.3, -0.25) is 9.78 Å². The van der Waals surface area contributed by atoms with Crippen molar-refractivity contribution in [2.75, 3.05) is 12.9 Å². The molecule has 8 heteroatoms. The van der Waals surface area contributed by atoms with Crippen molar-refractivity contribution in [3.63, 3.8) is 0 Å². The average molecular weight is 371 g/mol. The zero-order valence-corrected chi connectivity index (χ0v) is 15.9. The fraction of sp³-hybridized carbons (Fsp3) is 0.389. The highest BCUT2D eigenvalue weighted by atomic mass is 32.2. The minimum Gasteiger partial charge on any atom is -0.465 e. The predicted molar refractivity (Wildman–Crippen MR) is 99.3 cm³/mol. The minimum absolute atomic E-state index is 0.183. The monoisotopic (exact) mass is 371 g/mol. The number of hydrogen-bond acceptors (Lipinski definition) is 7. The van der Waals surface area contributed by atoms with Gasteiger partial charge in [-0.15, -0.1) is 5.10 Å². The molecule has 0 fully saturated rings. The van der Waals surface area contributed by atoms with Crippen molar-refractivity contribution in [1.82, 2.24) is 24.6 Å². The van der Waals surface area contributed by atoms with Crippen molar-refractivity contribution >= 4 is 23.5 Å². The largest absolute Gasteiger partial charge is 0.465 e. The molecule has 0 saturated carbocycles. The van der Waals surface area contributed by atoms with Gasteiger partial charge in [-0.2, -0.15) is 4.98 Å². The van der Waals surface area contributed by atoms with E-state index in [0.29, 0.717) is 17.5 Å². The molecular weight excluding hydrogens is 350 g/mol. The Labute approximate surface area is 156 Å². The molecule has 136 valence electrons. The molecule has 0 aliphatic rings. The Kier molecular flexibility index (Phi) is 5.82. The Morgan fingerprint density at radius 2 is 2.15 bits per heavy atom. The number of carbonyl (C=O) groups is 1. The van der Waals surface area contributed by atoms with Crippen molar-refractivity contribution < 1.29 is 9.53 Å². The first kappa shape index (κ1) is 18.3. The Bertz CT molecular complexity index is 911. The van der Waals surface area contributed by atoms with Crippen LogP contribution in [-0.2, 0) is 22.4 Å². The summed E-state index contributed by atoms with van der Waals surface area (Å²) in [4.78, 5) is 25.1. The molecule has 0 spiro atoms. The van der Waals surface area contributed by atoms with Gasteiger partial charge in [0.25, 0.3) is 5.78 Å². The summed E-state index contributed by atoms with van der Waals surface area (Å²) in [6.07, 6.45) is 7.28. The van der Waals surface area contributed by atoms with E-state index in [2.05, 4.69) is 20.1 Å². The third-order valence-corrected chi connectivity index (χ3v) is 4.67. The Morgan fingerprint density at radius 3 is 2.88 bits per heavy atom. The molecule has 3 aromatic rings. The SMILES string of the molecule is CSc1nc2nc(C)c(CC(=O)OCCCc3cccnc3)c(C)n2n1. The molecule has 0 amide bonds. The van der Waals surface area contributed by atoms with Gasteiger partial charge in [0.1, 0.15) is 0 Å². The summed E-state index contributed by atoms with van der Waals surface area (Å²) in [5.74, 6) is 0.298. The van der Waals surface area contributed by atoms with Crippen LogP contribution in [0.5, 0.6) is 0 Å². The van der Waals surface area contributed by atoms with E-state index in [1.54, 1.807) is 10.7 Å². The highest BCUT2D eigenvalue weighted by molar-refractivity contribution is 7.98. The lowest BCUT2D eigenvalue weighted by Gasteiger charge is -2.10. The second kappa shape index (κ2) is 8.27. The van der Waals surface area contributed by atoms with Gasteiger partial charge < -0.3 is 4.74 Å². The van der Waals surface area contributed by atoms with Gasteiger partial charge in [0, 0.05) is 29.3 Å². The number of hydrogen-bond donors (Lipinski definition) is 0. The second-order valence-corrected chi connectivity index (χ2v) is 6.71. The fourth-order valence-electron chi connectivity index (χ4n) is 2.74. The lowest BCUT2D eigenvalue weighted by atomic mass is 10.1. The lowest BCUT2D eigenvalue weighted by molar-refractivity contribution is -0.142. The van der Waals surface area contributed by atoms with Crippen molar-refractivity contribution in [2.24, 2.45) is 0 Å². The molecule has 3 aromatic heterocycles. The smallest absolute Gasteiger partial charge is 0.310 e. The standard InChI is InChI=1S/C18H21N5O2S/c1-12-15(13(2)23-17(20-12)21-18(22-23)26-3)10-16(24)25-9-5-7-14-6-4-8-19-11-14/h4,6,8,11H,5,7,9-10H2,1-3H3. The number of nitrogens with zero attached hydrogens (tertiary/aromatic N) is 5. The third kappa shape index (κ3) is 4.19. The number of fused-ring (bicyclic) bond motifs is 1. The average Bonchev–Trinajstić information content (AvgIpc) is 3.06. The minimum atomic E-state index is -0.256. The van der Waals surface area contributed by atoms with Gasteiger partial charge in [0.2, 0.25) is 5.16 Å². The van der Waals surface area contributed by atoms with E-state index in [4.69, 9.17) is 4.74 Å². The molecule has 0 aromatic carbocycles. The maximum Gasteiger partial charge on any atom is 0.310 e. The predicted octanol–water partition coefficient (Wildman–Crippen LogP) is 2.58. The number of carbonyl (C=O) groups excluding carboxylic acids is 1. The number of thioether (sulfide) groups is 1. The van der Waals surface area contributed by atoms with Crippen LogP contribution in [-0.4, -0.2) is 43.4 Å². The summed E-state index contributed by atoms with van der Waals surface area (Å²) in [6, 6.07) is 3.92. The summed E-state index contributed by atoms with van der Waals surface area (Å²) in [5, 5.41) is 5.06. The summed E-state index contributed by atoms with van der Waals surface area (Å²) in [6.45, 7) is 4.19. The molecular formula is C18H21N5O2S. The lowest BCUT2D eigenvalue weighted by Crippen LogP contribution is -2.14. The van der Waals surface area contributed by atoms with Crippen LogP contribution in [0.15, 0.2) is 29.7 Å². The van der Waals surface area contributed by atoms with Gasteiger partial charge in [-0.1, -0.05) is 17.8 Å². The molecule has 0 unspecified atom stereocenters. The number of pyridine rings is 1. The molecule has 0 atom stereocenters. The van der Waals surface area contributed by atoms with Crippen LogP contribution in [0.25, 0.3) is 5.78 Å². The maximum absolute atomic E-state index is 12.2. The number of aryl methyl sites for hydroxylation is 3. The van der Waals surface area contributed by atoms with Crippen LogP contribution in [0.1, 0.15) is 28.9 Å². The summed E-state index contributed by atoms with van der Waals surface area (Å²) in [7, 11) is 0. The first-order valence-corrected chi connectivity index (χ1v) is 9.62. The number of rotatable bonds is 7. The Morgan fingerprint density at radius 1 is 1.31 bits per heavy atom. The molecule has 7 nitrogen and oxygen atoms in total. The van der Waals surface area contributed by atoms with Crippen LogP contribution in [0, 0.1) is 13.8 Å². The van der Waals surface area contributed by atoms with Crippen LogP contribution < -0.4 is 0 Å². The summed E-state index contributed by atoms with van der Waals surface area (Å²) in [5.41, 5.74) is 3.63. The maximum atomic E-state index is 12.2. The molecule has 3 heterocycles. The zero-order valence-electron chi connectivity index (χ0n) is 15.1. The van der Waals surface area contributed by atoms with Crippen molar-refractivity contribution in [3.05, 3.63) is 47.0 Å². The fourth-order valence-corrected chi connectivity index (χ4v) is 3.07. The Hall–Kier alpha value is -2.48. The molecule has 26 heavy (non-hydrogen) atoms. The van der Waals surface area contributed by atoms with Crippen LogP contribution >= 0.6 is 11.8 Å². The molecule has 3 rings (SSSR count).